The number of hydrogen-bond acceptors (Lipinski definition) is 3. The topological polar surface area (TPSA) is 0 Å². The standard InChI is InChI=1S/C6H11FS3/c1-4(2)9-6(8)10-5(3)7/h4-5H,1-3H3. The van der Waals surface area contributed by atoms with E-state index in [1.165, 1.54) is 18.7 Å². The maximum absolute atomic E-state index is 12.3. The van der Waals surface area contributed by atoms with Gasteiger partial charge in [-0.15, -0.1) is 11.8 Å². The SMILES string of the molecule is CC(C)SC(=S)SC(C)F. The van der Waals surface area contributed by atoms with E-state index in [0.717, 1.165) is 11.8 Å². The normalized spacial score (nSPS) is 13.7. The Bertz CT molecular complexity index is 99.6. The number of thioether (sulfide) groups is 2. The molecule has 1 atom stereocenters. The Morgan fingerprint density at radius 3 is 2.10 bits per heavy atom. The molecule has 0 rings (SSSR count). The summed E-state index contributed by atoms with van der Waals surface area (Å²) in [5.41, 5.74) is -0.876. The van der Waals surface area contributed by atoms with Crippen molar-refractivity contribution in [3.05, 3.63) is 0 Å². The fraction of sp³-hybridized carbons (Fsp3) is 0.833. The highest BCUT2D eigenvalue weighted by Gasteiger charge is 2.06. The van der Waals surface area contributed by atoms with E-state index in [0.29, 0.717) is 8.78 Å². The fourth-order valence-corrected chi connectivity index (χ4v) is 3.18. The van der Waals surface area contributed by atoms with E-state index >= 15 is 0 Å². The van der Waals surface area contributed by atoms with Gasteiger partial charge < -0.3 is 0 Å². The molecule has 60 valence electrons. The van der Waals surface area contributed by atoms with Crippen molar-refractivity contribution in [3.63, 3.8) is 0 Å². The smallest absolute Gasteiger partial charge is 0.148 e. The van der Waals surface area contributed by atoms with E-state index in [-0.39, 0.29) is 0 Å². The summed E-state index contributed by atoms with van der Waals surface area (Å²) in [6, 6.07) is 0. The minimum Gasteiger partial charge on any atom is -0.236 e. The van der Waals surface area contributed by atoms with E-state index < -0.39 is 5.50 Å². The second-order valence-corrected chi connectivity index (χ2v) is 6.14. The van der Waals surface area contributed by atoms with Crippen molar-refractivity contribution in [2.24, 2.45) is 0 Å². The molecular weight excluding hydrogens is 187 g/mol. The zero-order valence-corrected chi connectivity index (χ0v) is 8.71. The van der Waals surface area contributed by atoms with Gasteiger partial charge in [0.25, 0.3) is 0 Å². The minimum absolute atomic E-state index is 0.457. The average Bonchev–Trinajstić information content (AvgIpc) is 1.58. The van der Waals surface area contributed by atoms with Gasteiger partial charge in [-0.25, -0.2) is 4.39 Å². The molecular formula is C6H11FS3. The molecule has 0 aromatic rings. The van der Waals surface area contributed by atoms with Gasteiger partial charge in [-0.05, 0) is 6.92 Å². The highest BCUT2D eigenvalue weighted by Crippen LogP contribution is 2.25. The zero-order chi connectivity index (χ0) is 8.15. The summed E-state index contributed by atoms with van der Waals surface area (Å²) in [4.78, 5) is 0. The van der Waals surface area contributed by atoms with Crippen LogP contribution in [0.2, 0.25) is 0 Å². The molecule has 0 aliphatic heterocycles. The molecule has 0 saturated carbocycles. The van der Waals surface area contributed by atoms with Crippen LogP contribution in [-0.4, -0.2) is 14.3 Å². The molecule has 0 aliphatic rings. The predicted octanol–water partition coefficient (Wildman–Crippen LogP) is 3.46. The van der Waals surface area contributed by atoms with Crippen LogP contribution in [0.25, 0.3) is 0 Å². The molecule has 0 N–H and O–H groups in total. The highest BCUT2D eigenvalue weighted by molar-refractivity contribution is 8.47. The van der Waals surface area contributed by atoms with Gasteiger partial charge in [-0.2, -0.15) is 0 Å². The lowest BCUT2D eigenvalue weighted by atomic mass is 10.6. The lowest BCUT2D eigenvalue weighted by Crippen LogP contribution is -1.94. The van der Waals surface area contributed by atoms with Crippen LogP contribution in [-0.2, 0) is 0 Å². The quantitative estimate of drug-likeness (QED) is 0.624. The van der Waals surface area contributed by atoms with Gasteiger partial charge in [0.2, 0.25) is 0 Å². The van der Waals surface area contributed by atoms with Crippen LogP contribution >= 0.6 is 35.7 Å². The summed E-state index contributed by atoms with van der Waals surface area (Å²) >= 11 is 7.54. The van der Waals surface area contributed by atoms with Crippen molar-refractivity contribution in [2.75, 3.05) is 0 Å². The predicted molar refractivity (Wildman–Crippen MR) is 53.5 cm³/mol. The van der Waals surface area contributed by atoms with Gasteiger partial charge in [0.15, 0.2) is 0 Å². The van der Waals surface area contributed by atoms with Crippen molar-refractivity contribution < 1.29 is 4.39 Å². The lowest BCUT2D eigenvalue weighted by Gasteiger charge is -2.05. The van der Waals surface area contributed by atoms with Crippen LogP contribution in [0.15, 0.2) is 0 Å². The molecule has 0 bridgehead atoms. The van der Waals surface area contributed by atoms with E-state index in [9.17, 15) is 4.39 Å². The van der Waals surface area contributed by atoms with Gasteiger partial charge in [-0.1, -0.05) is 37.8 Å². The molecule has 1 unspecified atom stereocenters. The van der Waals surface area contributed by atoms with Crippen LogP contribution in [0.1, 0.15) is 20.8 Å². The molecule has 4 heteroatoms. The second kappa shape index (κ2) is 5.38. The van der Waals surface area contributed by atoms with Gasteiger partial charge in [-0.3, -0.25) is 0 Å². The summed E-state index contributed by atoms with van der Waals surface area (Å²) in [6.45, 7) is 5.58. The maximum Gasteiger partial charge on any atom is 0.148 e. The minimum atomic E-state index is -0.876. The first-order valence-corrected chi connectivity index (χ1v) is 5.20. The molecule has 0 radical (unpaired) electrons. The zero-order valence-electron chi connectivity index (χ0n) is 6.26. The van der Waals surface area contributed by atoms with Crippen molar-refractivity contribution in [2.45, 2.75) is 31.5 Å². The van der Waals surface area contributed by atoms with Crippen LogP contribution in [0.5, 0.6) is 0 Å². The highest BCUT2D eigenvalue weighted by atomic mass is 32.2. The Morgan fingerprint density at radius 2 is 1.80 bits per heavy atom. The molecule has 0 saturated heterocycles. The first-order chi connectivity index (χ1) is 4.52. The van der Waals surface area contributed by atoms with Crippen LogP contribution in [0, 0.1) is 0 Å². The second-order valence-electron chi connectivity index (χ2n) is 2.08. The van der Waals surface area contributed by atoms with Crippen molar-refractivity contribution >= 4 is 39.3 Å². The van der Waals surface area contributed by atoms with Crippen LogP contribution < -0.4 is 0 Å². The summed E-state index contributed by atoms with van der Waals surface area (Å²) in [6.07, 6.45) is 0. The summed E-state index contributed by atoms with van der Waals surface area (Å²) < 4.78 is 13.0. The van der Waals surface area contributed by atoms with Crippen LogP contribution in [0.4, 0.5) is 4.39 Å². The summed E-state index contributed by atoms with van der Waals surface area (Å²) in [5.74, 6) is 0. The number of thiocarbonyl (C=S) groups is 1. The number of hydrogen-bond donors (Lipinski definition) is 0. The van der Waals surface area contributed by atoms with Crippen molar-refractivity contribution in [1.82, 2.24) is 0 Å². The van der Waals surface area contributed by atoms with Gasteiger partial charge in [0.1, 0.15) is 9.03 Å². The Hall–Kier alpha value is 0.720. The fourth-order valence-electron chi connectivity index (χ4n) is 0.353. The third-order valence-corrected chi connectivity index (χ3v) is 2.93. The van der Waals surface area contributed by atoms with Gasteiger partial charge in [0, 0.05) is 5.25 Å². The van der Waals surface area contributed by atoms with Crippen molar-refractivity contribution in [1.29, 1.82) is 0 Å². The lowest BCUT2D eigenvalue weighted by molar-refractivity contribution is 0.486. The summed E-state index contributed by atoms with van der Waals surface area (Å²) in [7, 11) is 0. The Morgan fingerprint density at radius 1 is 1.30 bits per heavy atom. The molecule has 0 nitrogen and oxygen atoms in total. The van der Waals surface area contributed by atoms with Gasteiger partial charge >= 0.3 is 0 Å². The molecule has 10 heavy (non-hydrogen) atoms. The number of rotatable bonds is 2. The van der Waals surface area contributed by atoms with Gasteiger partial charge in [0.05, 0.1) is 0 Å². The Balaban J connectivity index is 3.44. The summed E-state index contributed by atoms with van der Waals surface area (Å²) in [5, 5.41) is 0.457. The maximum atomic E-state index is 12.3. The first kappa shape index (κ1) is 10.7. The molecule has 0 amide bonds. The monoisotopic (exact) mass is 198 g/mol. The molecule has 0 aromatic heterocycles. The molecule has 0 aliphatic carbocycles. The van der Waals surface area contributed by atoms with Crippen LogP contribution in [0.3, 0.4) is 0 Å². The Kier molecular flexibility index (Phi) is 5.77. The number of alkyl halides is 1. The first-order valence-electron chi connectivity index (χ1n) is 3.03. The van der Waals surface area contributed by atoms with E-state index in [1.54, 1.807) is 0 Å². The average molecular weight is 198 g/mol. The van der Waals surface area contributed by atoms with Crippen molar-refractivity contribution in [3.8, 4) is 0 Å². The van der Waals surface area contributed by atoms with E-state index in [1.807, 2.05) is 13.8 Å². The number of halogens is 1. The van der Waals surface area contributed by atoms with E-state index in [4.69, 9.17) is 12.2 Å². The third kappa shape index (κ3) is 6.83. The largest absolute Gasteiger partial charge is 0.236 e. The molecule has 0 aromatic carbocycles. The molecule has 0 heterocycles. The van der Waals surface area contributed by atoms with E-state index in [2.05, 4.69) is 0 Å². The Labute approximate surface area is 75.3 Å². The third-order valence-electron chi connectivity index (χ3n) is 0.591. The molecule has 0 spiro atoms. The molecule has 0 fully saturated rings.